The number of carbonyl (C=O) groups is 2. The van der Waals surface area contributed by atoms with E-state index in [4.69, 9.17) is 5.73 Å². The molecule has 0 aliphatic carbocycles. The van der Waals surface area contributed by atoms with Gasteiger partial charge < -0.3 is 15.6 Å². The molecule has 32 heavy (non-hydrogen) atoms. The number of nitrogens with one attached hydrogen (secondary N) is 1. The molecule has 1 aliphatic heterocycles. The van der Waals surface area contributed by atoms with Crippen LogP contribution in [0.25, 0.3) is 28.0 Å². The number of H-pyrrole nitrogens is 1. The number of likely N-dealkylation sites (tertiary alicyclic amines) is 1. The quantitative estimate of drug-likeness (QED) is 0.492. The Morgan fingerprint density at radius 1 is 1.25 bits per heavy atom. The number of carbonyl (C=O) groups excluding carboxylic acids is 2. The van der Waals surface area contributed by atoms with Gasteiger partial charge in [-0.25, -0.2) is 9.67 Å². The summed E-state index contributed by atoms with van der Waals surface area (Å²) in [5.74, 6) is 6.08. The highest BCUT2D eigenvalue weighted by Gasteiger charge is 2.27. The van der Waals surface area contributed by atoms with Crippen LogP contribution in [0.4, 0.5) is 0 Å². The van der Waals surface area contributed by atoms with E-state index in [0.29, 0.717) is 11.2 Å². The minimum absolute atomic E-state index is 0.0604. The highest BCUT2D eigenvalue weighted by atomic mass is 16.2. The van der Waals surface area contributed by atoms with E-state index in [1.54, 1.807) is 29.0 Å². The van der Waals surface area contributed by atoms with Gasteiger partial charge in [-0.3, -0.25) is 9.59 Å². The fourth-order valence-corrected chi connectivity index (χ4v) is 3.91. The molecule has 5 rings (SSSR count). The van der Waals surface area contributed by atoms with Crippen LogP contribution in [0.5, 0.6) is 0 Å². The summed E-state index contributed by atoms with van der Waals surface area (Å²) in [4.78, 5) is 33.2. The number of primary amides is 1. The normalized spacial score (nSPS) is 15.7. The van der Waals surface area contributed by atoms with E-state index in [2.05, 4.69) is 26.9 Å². The second-order valence-electron chi connectivity index (χ2n) is 7.72. The molecule has 0 spiro atoms. The number of nitrogens with zero attached hydrogens (tertiary/aromatic N) is 4. The average molecular weight is 424 g/mol. The number of aromatic amines is 1. The molecule has 2 aromatic heterocycles. The van der Waals surface area contributed by atoms with Crippen molar-refractivity contribution >= 4 is 22.7 Å². The predicted octanol–water partition coefficient (Wildman–Crippen LogP) is 2.34. The zero-order chi connectivity index (χ0) is 22.2. The van der Waals surface area contributed by atoms with Crippen LogP contribution in [0.3, 0.4) is 0 Å². The van der Waals surface area contributed by atoms with E-state index >= 15 is 0 Å². The predicted molar refractivity (Wildman–Crippen MR) is 120 cm³/mol. The summed E-state index contributed by atoms with van der Waals surface area (Å²) in [5.41, 5.74) is 8.88. The molecule has 2 amide bonds. The van der Waals surface area contributed by atoms with E-state index in [1.807, 2.05) is 42.5 Å². The maximum absolute atomic E-state index is 12.1. The number of fused-ring (bicyclic) bond motifs is 1. The number of aromatic nitrogens is 4. The molecule has 0 bridgehead atoms. The van der Waals surface area contributed by atoms with Crippen molar-refractivity contribution in [1.29, 1.82) is 0 Å². The lowest BCUT2D eigenvalue weighted by molar-refractivity contribution is -0.128. The van der Waals surface area contributed by atoms with Gasteiger partial charge in [-0.15, -0.1) is 0 Å². The van der Waals surface area contributed by atoms with Crippen molar-refractivity contribution in [3.05, 3.63) is 66.1 Å². The number of imidazole rings is 1. The van der Waals surface area contributed by atoms with Crippen LogP contribution in [-0.4, -0.2) is 50.1 Å². The van der Waals surface area contributed by atoms with Crippen LogP contribution in [0.2, 0.25) is 0 Å². The molecular weight excluding hydrogens is 404 g/mol. The zero-order valence-electron chi connectivity index (χ0n) is 17.4. The molecule has 1 saturated heterocycles. The van der Waals surface area contributed by atoms with Crippen molar-refractivity contribution in [2.24, 2.45) is 11.7 Å². The number of hydrogen-bond acceptors (Lipinski definition) is 4. The van der Waals surface area contributed by atoms with Crippen LogP contribution in [-0.2, 0) is 4.79 Å². The topological polar surface area (TPSA) is 110 Å². The first kappa shape index (κ1) is 19.6. The number of benzene rings is 2. The first-order chi connectivity index (χ1) is 15.5. The van der Waals surface area contributed by atoms with Gasteiger partial charge in [0.2, 0.25) is 5.91 Å². The summed E-state index contributed by atoms with van der Waals surface area (Å²) >= 11 is 0. The Labute approximate surface area is 184 Å². The number of rotatable bonds is 3. The maximum Gasteiger partial charge on any atom is 0.269 e. The number of amides is 2. The Morgan fingerprint density at radius 3 is 2.84 bits per heavy atom. The monoisotopic (exact) mass is 424 g/mol. The first-order valence-electron chi connectivity index (χ1n) is 10.2. The van der Waals surface area contributed by atoms with Gasteiger partial charge in [0.25, 0.3) is 5.91 Å². The van der Waals surface area contributed by atoms with E-state index in [-0.39, 0.29) is 17.5 Å². The van der Waals surface area contributed by atoms with Crippen molar-refractivity contribution in [2.75, 3.05) is 13.6 Å². The van der Waals surface area contributed by atoms with Crippen molar-refractivity contribution in [1.82, 2.24) is 24.6 Å². The third kappa shape index (κ3) is 3.40. The van der Waals surface area contributed by atoms with Crippen LogP contribution < -0.4 is 5.73 Å². The van der Waals surface area contributed by atoms with Gasteiger partial charge in [0.1, 0.15) is 11.7 Å². The van der Waals surface area contributed by atoms with E-state index in [0.717, 1.165) is 35.3 Å². The van der Waals surface area contributed by atoms with Crippen molar-refractivity contribution in [2.45, 2.75) is 6.42 Å². The Morgan fingerprint density at radius 2 is 2.12 bits per heavy atom. The number of hydrogen-bond donors (Lipinski definition) is 2. The SMILES string of the molecule is CN1CC[C@@H](C#Cc2cccc(-n3nc(C(N)=O)c4cc(-c5ncc[nH]5)ccc43)c2)C1=O. The lowest BCUT2D eigenvalue weighted by Crippen LogP contribution is -2.21. The maximum atomic E-state index is 12.1. The van der Waals surface area contributed by atoms with Crippen LogP contribution >= 0.6 is 0 Å². The zero-order valence-corrected chi connectivity index (χ0v) is 17.4. The third-order valence-electron chi connectivity index (χ3n) is 5.59. The van der Waals surface area contributed by atoms with Crippen molar-refractivity contribution in [3.8, 4) is 28.9 Å². The minimum Gasteiger partial charge on any atom is -0.364 e. The Bertz CT molecular complexity index is 1410. The standard InChI is InChI=1S/C24H20N6O2/c1-29-12-9-16(24(29)32)6-5-15-3-2-4-18(13-15)30-20-8-7-17(23-26-10-11-27-23)14-19(20)21(28-30)22(25)31/h2-4,7-8,10-11,13-14,16H,9,12H2,1H3,(H2,25,31)(H,26,27)/t16-/m1/s1. The molecule has 3 N–H and O–H groups in total. The summed E-state index contributed by atoms with van der Waals surface area (Å²) in [6.45, 7) is 0.730. The van der Waals surface area contributed by atoms with Crippen LogP contribution in [0, 0.1) is 17.8 Å². The summed E-state index contributed by atoms with van der Waals surface area (Å²) < 4.78 is 1.68. The number of nitrogens with two attached hydrogens (primary N) is 1. The average Bonchev–Trinajstić information content (AvgIpc) is 3.53. The van der Waals surface area contributed by atoms with Crippen molar-refractivity contribution < 1.29 is 9.59 Å². The van der Waals surface area contributed by atoms with Gasteiger partial charge in [-0.1, -0.05) is 17.9 Å². The molecular formula is C24H20N6O2. The Balaban J connectivity index is 1.56. The molecule has 3 heterocycles. The molecule has 1 fully saturated rings. The van der Waals surface area contributed by atoms with Gasteiger partial charge in [-0.05, 0) is 42.8 Å². The first-order valence-corrected chi connectivity index (χ1v) is 10.2. The summed E-state index contributed by atoms with van der Waals surface area (Å²) in [6, 6.07) is 13.2. The highest BCUT2D eigenvalue weighted by molar-refractivity contribution is 6.05. The Hall–Kier alpha value is -4.38. The van der Waals surface area contributed by atoms with Gasteiger partial charge in [0.15, 0.2) is 5.69 Å². The lowest BCUT2D eigenvalue weighted by Gasteiger charge is -2.06. The summed E-state index contributed by atoms with van der Waals surface area (Å²) in [7, 11) is 1.79. The fraction of sp³-hybridized carbons (Fsp3) is 0.167. The lowest BCUT2D eigenvalue weighted by atomic mass is 10.1. The molecule has 0 saturated carbocycles. The molecule has 1 aliphatic rings. The molecule has 8 nitrogen and oxygen atoms in total. The van der Waals surface area contributed by atoms with E-state index in [1.165, 1.54) is 0 Å². The highest BCUT2D eigenvalue weighted by Crippen LogP contribution is 2.27. The molecule has 8 heteroatoms. The largest absolute Gasteiger partial charge is 0.364 e. The van der Waals surface area contributed by atoms with Gasteiger partial charge in [-0.2, -0.15) is 5.10 Å². The van der Waals surface area contributed by atoms with Crippen molar-refractivity contribution in [3.63, 3.8) is 0 Å². The molecule has 4 aromatic rings. The second kappa shape index (κ2) is 7.71. The third-order valence-corrected chi connectivity index (χ3v) is 5.59. The molecule has 2 aromatic carbocycles. The molecule has 0 unspecified atom stereocenters. The smallest absolute Gasteiger partial charge is 0.269 e. The molecule has 0 radical (unpaired) electrons. The van der Waals surface area contributed by atoms with Gasteiger partial charge in [0, 0.05) is 42.5 Å². The second-order valence-corrected chi connectivity index (χ2v) is 7.72. The molecule has 158 valence electrons. The van der Waals surface area contributed by atoms with Crippen LogP contribution in [0.1, 0.15) is 22.5 Å². The van der Waals surface area contributed by atoms with Gasteiger partial charge >= 0.3 is 0 Å². The van der Waals surface area contributed by atoms with Crippen LogP contribution in [0.15, 0.2) is 54.9 Å². The summed E-state index contributed by atoms with van der Waals surface area (Å²) in [6.07, 6.45) is 4.15. The minimum atomic E-state index is -0.606. The van der Waals surface area contributed by atoms with Gasteiger partial charge in [0.05, 0.1) is 11.2 Å². The Kier molecular flexibility index (Phi) is 4.71. The van der Waals surface area contributed by atoms with E-state index < -0.39 is 5.91 Å². The summed E-state index contributed by atoms with van der Waals surface area (Å²) in [5, 5.41) is 5.13. The van der Waals surface area contributed by atoms with E-state index in [9.17, 15) is 9.59 Å². The fourth-order valence-electron chi connectivity index (χ4n) is 3.91. The molecule has 1 atom stereocenters.